The highest BCUT2D eigenvalue weighted by atomic mass is 79.9. The number of anilines is 1. The van der Waals surface area contributed by atoms with Crippen LogP contribution in [0.25, 0.3) is 0 Å². The maximum absolute atomic E-state index is 11.9. The molecule has 0 saturated heterocycles. The maximum Gasteiger partial charge on any atom is 0.253 e. The van der Waals surface area contributed by atoms with Gasteiger partial charge in [0.15, 0.2) is 0 Å². The minimum Gasteiger partial charge on any atom is -0.398 e. The SMILES string of the molecule is CCC(C)(C)NC(=O)c1ccc(Br)cc1N. The summed E-state index contributed by atoms with van der Waals surface area (Å²) in [5.41, 5.74) is 6.58. The second-order valence-electron chi connectivity index (χ2n) is 4.42. The highest BCUT2D eigenvalue weighted by molar-refractivity contribution is 9.10. The third-order valence-electron chi connectivity index (χ3n) is 2.59. The number of carbonyl (C=O) groups is 1. The third-order valence-corrected chi connectivity index (χ3v) is 3.09. The summed E-state index contributed by atoms with van der Waals surface area (Å²) in [5, 5.41) is 2.95. The molecule has 4 heteroatoms. The Hall–Kier alpha value is -1.03. The number of halogens is 1. The Labute approximate surface area is 105 Å². The van der Waals surface area contributed by atoms with Crippen LogP contribution in [0.5, 0.6) is 0 Å². The molecule has 0 aliphatic carbocycles. The molecule has 0 fully saturated rings. The molecule has 1 aromatic carbocycles. The smallest absolute Gasteiger partial charge is 0.253 e. The fourth-order valence-corrected chi connectivity index (χ4v) is 1.58. The Bertz CT molecular complexity index is 402. The van der Waals surface area contributed by atoms with E-state index in [1.54, 1.807) is 12.1 Å². The quantitative estimate of drug-likeness (QED) is 0.839. The van der Waals surface area contributed by atoms with Crippen molar-refractivity contribution < 1.29 is 4.79 Å². The van der Waals surface area contributed by atoms with Gasteiger partial charge in [-0.15, -0.1) is 0 Å². The van der Waals surface area contributed by atoms with Crippen LogP contribution in [-0.2, 0) is 0 Å². The lowest BCUT2D eigenvalue weighted by atomic mass is 10.0. The van der Waals surface area contributed by atoms with Gasteiger partial charge in [-0.1, -0.05) is 22.9 Å². The van der Waals surface area contributed by atoms with E-state index < -0.39 is 0 Å². The lowest BCUT2D eigenvalue weighted by Gasteiger charge is -2.24. The molecule has 0 unspecified atom stereocenters. The fraction of sp³-hybridized carbons (Fsp3) is 0.417. The zero-order valence-corrected chi connectivity index (χ0v) is 11.4. The van der Waals surface area contributed by atoms with Gasteiger partial charge in [0, 0.05) is 15.7 Å². The maximum atomic E-state index is 11.9. The monoisotopic (exact) mass is 284 g/mol. The molecule has 3 N–H and O–H groups in total. The molecular weight excluding hydrogens is 268 g/mol. The van der Waals surface area contributed by atoms with E-state index in [0.717, 1.165) is 10.9 Å². The number of carbonyl (C=O) groups excluding carboxylic acids is 1. The van der Waals surface area contributed by atoms with E-state index in [9.17, 15) is 4.79 Å². The van der Waals surface area contributed by atoms with E-state index in [1.807, 2.05) is 26.8 Å². The summed E-state index contributed by atoms with van der Waals surface area (Å²) in [6.07, 6.45) is 0.870. The van der Waals surface area contributed by atoms with Crippen LogP contribution in [0.2, 0.25) is 0 Å². The van der Waals surface area contributed by atoms with Crippen molar-refractivity contribution in [1.82, 2.24) is 5.32 Å². The van der Waals surface area contributed by atoms with Gasteiger partial charge < -0.3 is 11.1 Å². The van der Waals surface area contributed by atoms with Crippen molar-refractivity contribution in [2.24, 2.45) is 0 Å². The number of nitrogen functional groups attached to an aromatic ring is 1. The molecule has 0 radical (unpaired) electrons. The van der Waals surface area contributed by atoms with Gasteiger partial charge in [0.2, 0.25) is 0 Å². The number of hydrogen-bond donors (Lipinski definition) is 2. The molecule has 0 aromatic heterocycles. The van der Waals surface area contributed by atoms with Crippen LogP contribution in [0.3, 0.4) is 0 Å². The topological polar surface area (TPSA) is 55.1 Å². The first-order valence-electron chi connectivity index (χ1n) is 5.23. The first-order valence-corrected chi connectivity index (χ1v) is 6.02. The van der Waals surface area contributed by atoms with Crippen molar-refractivity contribution in [1.29, 1.82) is 0 Å². The molecule has 0 atom stereocenters. The Morgan fingerprint density at radius 3 is 2.62 bits per heavy atom. The summed E-state index contributed by atoms with van der Waals surface area (Å²) < 4.78 is 0.872. The minimum absolute atomic E-state index is 0.128. The average molecular weight is 285 g/mol. The van der Waals surface area contributed by atoms with Crippen molar-refractivity contribution in [3.05, 3.63) is 28.2 Å². The summed E-state index contributed by atoms with van der Waals surface area (Å²) in [4.78, 5) is 11.9. The zero-order chi connectivity index (χ0) is 12.3. The van der Waals surface area contributed by atoms with Crippen molar-refractivity contribution in [3.8, 4) is 0 Å². The van der Waals surface area contributed by atoms with E-state index in [2.05, 4.69) is 21.2 Å². The van der Waals surface area contributed by atoms with Crippen LogP contribution in [0.4, 0.5) is 5.69 Å². The van der Waals surface area contributed by atoms with E-state index in [4.69, 9.17) is 5.73 Å². The lowest BCUT2D eigenvalue weighted by Crippen LogP contribution is -2.42. The lowest BCUT2D eigenvalue weighted by molar-refractivity contribution is 0.0912. The Morgan fingerprint density at radius 2 is 2.12 bits per heavy atom. The van der Waals surface area contributed by atoms with Gasteiger partial charge in [-0.25, -0.2) is 0 Å². The number of benzene rings is 1. The predicted molar refractivity (Wildman–Crippen MR) is 70.4 cm³/mol. The average Bonchev–Trinajstić information content (AvgIpc) is 2.16. The first-order chi connectivity index (χ1) is 7.35. The number of nitrogens with one attached hydrogen (secondary N) is 1. The van der Waals surface area contributed by atoms with Crippen LogP contribution in [0, 0.1) is 0 Å². The number of hydrogen-bond acceptors (Lipinski definition) is 2. The van der Waals surface area contributed by atoms with Gasteiger partial charge in [-0.3, -0.25) is 4.79 Å². The number of amides is 1. The minimum atomic E-state index is -0.212. The van der Waals surface area contributed by atoms with Gasteiger partial charge in [-0.2, -0.15) is 0 Å². The van der Waals surface area contributed by atoms with Gasteiger partial charge in [0.05, 0.1) is 5.56 Å². The van der Waals surface area contributed by atoms with Gasteiger partial charge >= 0.3 is 0 Å². The number of nitrogens with two attached hydrogens (primary N) is 1. The Kier molecular flexibility index (Phi) is 3.97. The van der Waals surface area contributed by atoms with Crippen LogP contribution in [0.15, 0.2) is 22.7 Å². The molecule has 0 spiro atoms. The molecule has 0 saturated carbocycles. The molecule has 1 rings (SSSR count). The normalized spacial score (nSPS) is 11.2. The van der Waals surface area contributed by atoms with Gasteiger partial charge in [0.25, 0.3) is 5.91 Å². The fourth-order valence-electron chi connectivity index (χ4n) is 1.20. The summed E-state index contributed by atoms with van der Waals surface area (Å²) in [5.74, 6) is -0.128. The van der Waals surface area contributed by atoms with E-state index >= 15 is 0 Å². The van der Waals surface area contributed by atoms with Gasteiger partial charge in [0.1, 0.15) is 0 Å². The van der Waals surface area contributed by atoms with Crippen molar-refractivity contribution in [2.75, 3.05) is 5.73 Å². The highest BCUT2D eigenvalue weighted by Gasteiger charge is 2.19. The van der Waals surface area contributed by atoms with Crippen molar-refractivity contribution >= 4 is 27.5 Å². The molecule has 88 valence electrons. The third kappa shape index (κ3) is 3.23. The zero-order valence-electron chi connectivity index (χ0n) is 9.80. The van der Waals surface area contributed by atoms with Crippen LogP contribution in [0.1, 0.15) is 37.6 Å². The highest BCUT2D eigenvalue weighted by Crippen LogP contribution is 2.19. The molecule has 0 heterocycles. The van der Waals surface area contributed by atoms with Gasteiger partial charge in [-0.05, 0) is 38.5 Å². The Morgan fingerprint density at radius 1 is 1.50 bits per heavy atom. The van der Waals surface area contributed by atoms with Crippen LogP contribution < -0.4 is 11.1 Å². The molecule has 3 nitrogen and oxygen atoms in total. The Balaban J connectivity index is 2.89. The van der Waals surface area contributed by atoms with E-state index in [0.29, 0.717) is 11.3 Å². The van der Waals surface area contributed by atoms with Crippen LogP contribution >= 0.6 is 15.9 Å². The molecule has 0 bridgehead atoms. The summed E-state index contributed by atoms with van der Waals surface area (Å²) in [7, 11) is 0. The van der Waals surface area contributed by atoms with E-state index in [1.165, 1.54) is 0 Å². The molecule has 0 aliphatic rings. The second kappa shape index (κ2) is 4.87. The molecule has 1 amide bonds. The molecule has 0 aliphatic heterocycles. The molecule has 1 aromatic rings. The van der Waals surface area contributed by atoms with Crippen molar-refractivity contribution in [2.45, 2.75) is 32.7 Å². The summed E-state index contributed by atoms with van der Waals surface area (Å²) >= 11 is 3.31. The van der Waals surface area contributed by atoms with E-state index in [-0.39, 0.29) is 11.4 Å². The standard InChI is InChI=1S/C12H17BrN2O/c1-4-12(2,3)15-11(16)9-6-5-8(13)7-10(9)14/h5-7H,4,14H2,1-3H3,(H,15,16). The number of rotatable bonds is 3. The molecular formula is C12H17BrN2O. The van der Waals surface area contributed by atoms with Crippen LogP contribution in [-0.4, -0.2) is 11.4 Å². The predicted octanol–water partition coefficient (Wildman–Crippen LogP) is 2.95. The molecule has 16 heavy (non-hydrogen) atoms. The summed E-state index contributed by atoms with van der Waals surface area (Å²) in [6, 6.07) is 5.26. The summed E-state index contributed by atoms with van der Waals surface area (Å²) in [6.45, 7) is 6.01. The largest absolute Gasteiger partial charge is 0.398 e. The van der Waals surface area contributed by atoms with Crippen molar-refractivity contribution in [3.63, 3.8) is 0 Å². The second-order valence-corrected chi connectivity index (χ2v) is 5.34. The first kappa shape index (κ1) is 13.0.